The highest BCUT2D eigenvalue weighted by Gasteiger charge is 2.18. The fourth-order valence-corrected chi connectivity index (χ4v) is 1.67. The van der Waals surface area contributed by atoms with Crippen LogP contribution < -0.4 is 5.43 Å². The average molecular weight is 261 g/mol. The van der Waals surface area contributed by atoms with Crippen LogP contribution in [0, 0.1) is 0 Å². The van der Waals surface area contributed by atoms with E-state index in [4.69, 9.17) is 9.52 Å². The van der Waals surface area contributed by atoms with Crippen molar-refractivity contribution in [1.29, 1.82) is 0 Å². The molecule has 1 N–H and O–H groups in total. The summed E-state index contributed by atoms with van der Waals surface area (Å²) in [5.41, 5.74) is -0.0454. The molecule has 0 saturated heterocycles. The number of fused-ring (bicyclic) bond motifs is 1. The van der Waals surface area contributed by atoms with Gasteiger partial charge in [-0.3, -0.25) is 14.4 Å². The molecule has 6 nitrogen and oxygen atoms in total. The highest BCUT2D eigenvalue weighted by molar-refractivity contribution is 5.94. The van der Waals surface area contributed by atoms with Gasteiger partial charge in [-0.1, -0.05) is 12.1 Å². The van der Waals surface area contributed by atoms with Crippen molar-refractivity contribution in [3.05, 3.63) is 46.3 Å². The zero-order valence-corrected chi connectivity index (χ0v) is 10.1. The molecule has 0 unspecified atom stereocenters. The largest absolute Gasteiger partial charge is 0.480 e. The van der Waals surface area contributed by atoms with Crippen molar-refractivity contribution >= 4 is 22.8 Å². The standard InChI is InChI=1S/C13H11NO5/c1-14(7-12(16)17)13(18)11-6-9(15)8-4-2-3-5-10(8)19-11/h2-6H,7H2,1H3,(H,16,17). The minimum absolute atomic E-state index is 0.174. The van der Waals surface area contributed by atoms with Crippen LogP contribution in [-0.2, 0) is 4.79 Å². The molecule has 0 fully saturated rings. The molecule has 2 aromatic rings. The molecule has 0 aliphatic rings. The third-order valence-corrected chi connectivity index (χ3v) is 2.56. The smallest absolute Gasteiger partial charge is 0.323 e. The van der Waals surface area contributed by atoms with E-state index in [1.54, 1.807) is 24.3 Å². The summed E-state index contributed by atoms with van der Waals surface area (Å²) in [5.74, 6) is -1.96. The van der Waals surface area contributed by atoms with E-state index in [2.05, 4.69) is 0 Å². The number of likely N-dealkylation sites (N-methyl/N-ethyl adjacent to an activating group) is 1. The van der Waals surface area contributed by atoms with Crippen LogP contribution in [0.15, 0.2) is 39.5 Å². The first kappa shape index (κ1) is 12.8. The number of carboxylic acids is 1. The molecule has 0 atom stereocenters. The summed E-state index contributed by atoms with van der Waals surface area (Å²) in [6, 6.07) is 7.61. The molecule has 98 valence electrons. The number of carbonyl (C=O) groups excluding carboxylic acids is 1. The minimum Gasteiger partial charge on any atom is -0.480 e. The van der Waals surface area contributed by atoms with Crippen molar-refractivity contribution in [2.75, 3.05) is 13.6 Å². The maximum absolute atomic E-state index is 11.9. The van der Waals surface area contributed by atoms with E-state index in [1.807, 2.05) is 0 Å². The van der Waals surface area contributed by atoms with Crippen molar-refractivity contribution in [3.63, 3.8) is 0 Å². The summed E-state index contributed by atoms with van der Waals surface area (Å²) >= 11 is 0. The molecule has 0 aliphatic carbocycles. The van der Waals surface area contributed by atoms with E-state index < -0.39 is 18.4 Å². The zero-order chi connectivity index (χ0) is 14.0. The second-order valence-corrected chi connectivity index (χ2v) is 4.03. The van der Waals surface area contributed by atoms with E-state index in [0.717, 1.165) is 11.0 Å². The lowest BCUT2D eigenvalue weighted by Gasteiger charge is -2.13. The van der Waals surface area contributed by atoms with E-state index in [-0.39, 0.29) is 11.2 Å². The van der Waals surface area contributed by atoms with E-state index in [9.17, 15) is 14.4 Å². The number of hydrogen-bond donors (Lipinski definition) is 1. The second-order valence-electron chi connectivity index (χ2n) is 4.03. The number of nitrogens with zero attached hydrogens (tertiary/aromatic N) is 1. The van der Waals surface area contributed by atoms with E-state index in [1.165, 1.54) is 7.05 Å². The quantitative estimate of drug-likeness (QED) is 0.888. The molecule has 1 amide bonds. The Morgan fingerprint density at radius 3 is 2.68 bits per heavy atom. The molecule has 0 bridgehead atoms. The van der Waals surface area contributed by atoms with Crippen LogP contribution in [0.4, 0.5) is 0 Å². The van der Waals surface area contributed by atoms with Crippen molar-refractivity contribution in [3.8, 4) is 0 Å². The number of rotatable bonds is 3. The SMILES string of the molecule is CN(CC(=O)O)C(=O)c1cc(=O)c2ccccc2o1. The summed E-state index contributed by atoms with van der Waals surface area (Å²) in [6.45, 7) is -0.463. The number of carboxylic acid groups (broad SMARTS) is 1. The summed E-state index contributed by atoms with van der Waals surface area (Å²) in [6.07, 6.45) is 0. The van der Waals surface area contributed by atoms with Crippen molar-refractivity contribution in [2.24, 2.45) is 0 Å². The molecule has 6 heteroatoms. The zero-order valence-electron chi connectivity index (χ0n) is 10.1. The van der Waals surface area contributed by atoms with Gasteiger partial charge in [-0.25, -0.2) is 0 Å². The first-order chi connectivity index (χ1) is 8.99. The van der Waals surface area contributed by atoms with Crippen LogP contribution in [0.2, 0.25) is 0 Å². The number of hydrogen-bond acceptors (Lipinski definition) is 4. The molecule has 19 heavy (non-hydrogen) atoms. The molecule has 0 saturated carbocycles. The summed E-state index contributed by atoms with van der Waals surface area (Å²) in [5, 5.41) is 8.99. The fourth-order valence-electron chi connectivity index (χ4n) is 1.67. The highest BCUT2D eigenvalue weighted by Crippen LogP contribution is 2.12. The van der Waals surface area contributed by atoms with E-state index in [0.29, 0.717) is 11.0 Å². The molecular weight excluding hydrogens is 250 g/mol. The summed E-state index contributed by atoms with van der Waals surface area (Å²) in [7, 11) is 1.33. The highest BCUT2D eigenvalue weighted by atomic mass is 16.4. The van der Waals surface area contributed by atoms with Crippen LogP contribution in [0.25, 0.3) is 11.0 Å². The van der Waals surface area contributed by atoms with Gasteiger partial charge in [0.2, 0.25) is 0 Å². The summed E-state index contributed by atoms with van der Waals surface area (Å²) < 4.78 is 5.32. The van der Waals surface area contributed by atoms with Crippen LogP contribution >= 0.6 is 0 Å². The number of benzene rings is 1. The maximum Gasteiger partial charge on any atom is 0.323 e. The van der Waals surface area contributed by atoms with Crippen LogP contribution in [0.1, 0.15) is 10.6 Å². The van der Waals surface area contributed by atoms with Gasteiger partial charge in [-0.2, -0.15) is 0 Å². The average Bonchev–Trinajstić information content (AvgIpc) is 2.37. The molecule has 0 spiro atoms. The molecular formula is C13H11NO5. The van der Waals surface area contributed by atoms with Crippen LogP contribution in [0.5, 0.6) is 0 Å². The third-order valence-electron chi connectivity index (χ3n) is 2.56. The predicted molar refractivity (Wildman–Crippen MR) is 67.1 cm³/mol. The van der Waals surface area contributed by atoms with Crippen molar-refractivity contribution in [2.45, 2.75) is 0 Å². The van der Waals surface area contributed by atoms with Gasteiger partial charge in [0, 0.05) is 13.1 Å². The Balaban J connectivity index is 2.43. The third kappa shape index (κ3) is 2.62. The second kappa shape index (κ2) is 4.93. The molecule has 1 aromatic heterocycles. The number of para-hydroxylation sites is 1. The fraction of sp³-hybridized carbons (Fsp3) is 0.154. The van der Waals surface area contributed by atoms with Gasteiger partial charge in [0.15, 0.2) is 11.2 Å². The van der Waals surface area contributed by atoms with E-state index >= 15 is 0 Å². The Kier molecular flexibility index (Phi) is 3.33. The Morgan fingerprint density at radius 1 is 1.32 bits per heavy atom. The number of carbonyl (C=O) groups is 2. The molecule has 0 aliphatic heterocycles. The van der Waals surface area contributed by atoms with Gasteiger partial charge in [-0.05, 0) is 12.1 Å². The Hall–Kier alpha value is -2.63. The monoisotopic (exact) mass is 261 g/mol. The van der Waals surface area contributed by atoms with Gasteiger partial charge < -0.3 is 14.4 Å². The molecule has 2 rings (SSSR count). The minimum atomic E-state index is -1.14. The first-order valence-corrected chi connectivity index (χ1v) is 5.49. The Bertz CT molecular complexity index is 703. The lowest BCUT2D eigenvalue weighted by atomic mass is 10.2. The van der Waals surface area contributed by atoms with Gasteiger partial charge >= 0.3 is 5.97 Å². The lowest BCUT2D eigenvalue weighted by Crippen LogP contribution is -2.32. The predicted octanol–water partition coefficient (Wildman–Crippen LogP) is 0.950. The molecule has 1 aromatic carbocycles. The van der Waals surface area contributed by atoms with Crippen LogP contribution in [0.3, 0.4) is 0 Å². The number of aliphatic carboxylic acids is 1. The van der Waals surface area contributed by atoms with Crippen molar-refractivity contribution < 1.29 is 19.1 Å². The van der Waals surface area contributed by atoms with Gasteiger partial charge in [-0.15, -0.1) is 0 Å². The topological polar surface area (TPSA) is 87.8 Å². The van der Waals surface area contributed by atoms with Crippen molar-refractivity contribution in [1.82, 2.24) is 4.90 Å². The molecule has 0 radical (unpaired) electrons. The van der Waals surface area contributed by atoms with Crippen LogP contribution in [-0.4, -0.2) is 35.5 Å². The van der Waals surface area contributed by atoms with Gasteiger partial charge in [0.25, 0.3) is 5.91 Å². The maximum atomic E-state index is 11.9. The lowest BCUT2D eigenvalue weighted by molar-refractivity contribution is -0.137. The Labute approximate surface area is 107 Å². The molecule has 1 heterocycles. The summed E-state index contributed by atoms with van der Waals surface area (Å²) in [4.78, 5) is 35.2. The Morgan fingerprint density at radius 2 is 2.00 bits per heavy atom. The van der Waals surface area contributed by atoms with Gasteiger partial charge in [0.05, 0.1) is 5.39 Å². The first-order valence-electron chi connectivity index (χ1n) is 5.49. The van der Waals surface area contributed by atoms with Gasteiger partial charge in [0.1, 0.15) is 12.1 Å². The normalized spacial score (nSPS) is 10.4. The number of amides is 1.